The normalized spacial score (nSPS) is 13.0. The number of furan rings is 1. The maximum Gasteiger partial charge on any atom is 0.0935 e. The largest absolute Gasteiger partial charge is 0.472 e. The number of aryl methyl sites for hydroxylation is 1. The van der Waals surface area contributed by atoms with Crippen LogP contribution in [0, 0.1) is 6.92 Å². The lowest BCUT2D eigenvalue weighted by Crippen LogP contribution is -2.00. The SMILES string of the molecule is Cc1cscc1C(O)Cc1ccoc1. The molecule has 0 aliphatic carbocycles. The molecule has 2 heterocycles. The van der Waals surface area contributed by atoms with E-state index in [2.05, 4.69) is 0 Å². The van der Waals surface area contributed by atoms with Gasteiger partial charge in [0.15, 0.2) is 0 Å². The molecule has 14 heavy (non-hydrogen) atoms. The molecule has 2 aromatic heterocycles. The van der Waals surface area contributed by atoms with Gasteiger partial charge in [0.05, 0.1) is 18.6 Å². The van der Waals surface area contributed by atoms with Crippen molar-refractivity contribution in [3.63, 3.8) is 0 Å². The van der Waals surface area contributed by atoms with Gasteiger partial charge in [-0.2, -0.15) is 11.3 Å². The van der Waals surface area contributed by atoms with Gasteiger partial charge in [0.1, 0.15) is 0 Å². The summed E-state index contributed by atoms with van der Waals surface area (Å²) in [6.07, 6.45) is 3.50. The molecule has 0 fully saturated rings. The van der Waals surface area contributed by atoms with E-state index in [9.17, 15) is 5.11 Å². The minimum Gasteiger partial charge on any atom is -0.472 e. The van der Waals surface area contributed by atoms with Crippen LogP contribution >= 0.6 is 11.3 Å². The molecule has 1 unspecified atom stereocenters. The number of rotatable bonds is 3. The molecule has 1 N–H and O–H groups in total. The van der Waals surface area contributed by atoms with Crippen molar-refractivity contribution in [1.82, 2.24) is 0 Å². The Bertz CT molecular complexity index is 389. The average molecular weight is 208 g/mol. The lowest BCUT2D eigenvalue weighted by molar-refractivity contribution is 0.178. The topological polar surface area (TPSA) is 33.4 Å². The van der Waals surface area contributed by atoms with Gasteiger partial charge in [0.25, 0.3) is 0 Å². The minimum absolute atomic E-state index is 0.418. The molecule has 3 heteroatoms. The second-order valence-corrected chi connectivity index (χ2v) is 4.11. The molecule has 0 aromatic carbocycles. The Labute approximate surface area is 86.8 Å². The van der Waals surface area contributed by atoms with Crippen molar-refractivity contribution in [3.05, 3.63) is 46.0 Å². The summed E-state index contributed by atoms with van der Waals surface area (Å²) in [7, 11) is 0. The summed E-state index contributed by atoms with van der Waals surface area (Å²) in [6, 6.07) is 1.88. The molecular weight excluding hydrogens is 196 g/mol. The predicted molar refractivity (Wildman–Crippen MR) is 56.4 cm³/mol. The zero-order valence-corrected chi connectivity index (χ0v) is 8.75. The van der Waals surface area contributed by atoms with Gasteiger partial charge in [-0.05, 0) is 40.4 Å². The van der Waals surface area contributed by atoms with E-state index >= 15 is 0 Å². The van der Waals surface area contributed by atoms with E-state index in [1.807, 2.05) is 23.8 Å². The first kappa shape index (κ1) is 9.49. The van der Waals surface area contributed by atoms with E-state index in [1.54, 1.807) is 23.9 Å². The van der Waals surface area contributed by atoms with E-state index in [0.29, 0.717) is 6.42 Å². The maximum atomic E-state index is 9.93. The molecule has 1 atom stereocenters. The van der Waals surface area contributed by atoms with Gasteiger partial charge in [-0.3, -0.25) is 0 Å². The first-order valence-corrected chi connectivity index (χ1v) is 5.43. The molecule has 0 aliphatic heterocycles. The van der Waals surface area contributed by atoms with Crippen molar-refractivity contribution in [2.24, 2.45) is 0 Å². The van der Waals surface area contributed by atoms with Crippen LogP contribution in [0.4, 0.5) is 0 Å². The molecule has 74 valence electrons. The standard InChI is InChI=1S/C11H12O2S/c1-8-6-14-7-10(8)11(12)4-9-2-3-13-5-9/h2-3,5-7,11-12H,4H2,1H3. The number of hydrogen-bond acceptors (Lipinski definition) is 3. The van der Waals surface area contributed by atoms with Gasteiger partial charge in [0.2, 0.25) is 0 Å². The number of aliphatic hydroxyl groups excluding tert-OH is 1. The van der Waals surface area contributed by atoms with Crippen molar-refractivity contribution < 1.29 is 9.52 Å². The highest BCUT2D eigenvalue weighted by atomic mass is 32.1. The average Bonchev–Trinajstić information content (AvgIpc) is 2.75. The summed E-state index contributed by atoms with van der Waals surface area (Å²) in [5.41, 5.74) is 3.21. The molecule has 2 aromatic rings. The fourth-order valence-electron chi connectivity index (χ4n) is 1.45. The molecule has 0 radical (unpaired) electrons. The highest BCUT2D eigenvalue weighted by Crippen LogP contribution is 2.24. The number of aliphatic hydroxyl groups is 1. The Morgan fingerprint density at radius 1 is 1.50 bits per heavy atom. The van der Waals surface area contributed by atoms with Crippen molar-refractivity contribution in [1.29, 1.82) is 0 Å². The lowest BCUT2D eigenvalue weighted by Gasteiger charge is -2.08. The third-order valence-electron chi connectivity index (χ3n) is 2.26. The third kappa shape index (κ3) is 1.89. The molecule has 0 saturated heterocycles. The smallest absolute Gasteiger partial charge is 0.0935 e. The summed E-state index contributed by atoms with van der Waals surface area (Å²) in [4.78, 5) is 0. The fraction of sp³-hybridized carbons (Fsp3) is 0.273. The second-order valence-electron chi connectivity index (χ2n) is 3.36. The van der Waals surface area contributed by atoms with Crippen LogP contribution in [-0.2, 0) is 6.42 Å². The van der Waals surface area contributed by atoms with Crippen LogP contribution in [-0.4, -0.2) is 5.11 Å². The fourth-order valence-corrected chi connectivity index (χ4v) is 2.35. The first-order chi connectivity index (χ1) is 6.77. The Hall–Kier alpha value is -1.06. The summed E-state index contributed by atoms with van der Waals surface area (Å²) < 4.78 is 4.95. The van der Waals surface area contributed by atoms with Gasteiger partial charge >= 0.3 is 0 Å². The van der Waals surface area contributed by atoms with Crippen LogP contribution in [0.3, 0.4) is 0 Å². The van der Waals surface area contributed by atoms with Gasteiger partial charge in [-0.25, -0.2) is 0 Å². The van der Waals surface area contributed by atoms with Crippen LogP contribution in [0.1, 0.15) is 22.8 Å². The molecule has 0 amide bonds. The Balaban J connectivity index is 2.10. The third-order valence-corrected chi connectivity index (χ3v) is 3.14. The van der Waals surface area contributed by atoms with Crippen molar-refractivity contribution in [3.8, 4) is 0 Å². The molecule has 0 spiro atoms. The van der Waals surface area contributed by atoms with Crippen LogP contribution in [0.15, 0.2) is 33.8 Å². The van der Waals surface area contributed by atoms with Crippen molar-refractivity contribution >= 4 is 11.3 Å². The highest BCUT2D eigenvalue weighted by molar-refractivity contribution is 7.08. The maximum absolute atomic E-state index is 9.93. The molecule has 2 nitrogen and oxygen atoms in total. The molecule has 0 bridgehead atoms. The van der Waals surface area contributed by atoms with E-state index in [0.717, 1.165) is 16.7 Å². The monoisotopic (exact) mass is 208 g/mol. The Morgan fingerprint density at radius 2 is 2.36 bits per heavy atom. The molecule has 0 aliphatic rings. The van der Waals surface area contributed by atoms with Gasteiger partial charge in [0, 0.05) is 6.42 Å². The van der Waals surface area contributed by atoms with E-state index in [-0.39, 0.29) is 0 Å². The Kier molecular flexibility index (Phi) is 2.70. The zero-order valence-electron chi connectivity index (χ0n) is 7.93. The molecule has 2 rings (SSSR count). The predicted octanol–water partition coefficient (Wildman–Crippen LogP) is 2.93. The summed E-state index contributed by atoms with van der Waals surface area (Å²) in [5, 5.41) is 14.0. The highest BCUT2D eigenvalue weighted by Gasteiger charge is 2.12. The van der Waals surface area contributed by atoms with Gasteiger partial charge < -0.3 is 9.52 Å². The van der Waals surface area contributed by atoms with E-state index in [1.165, 1.54) is 0 Å². The summed E-state index contributed by atoms with van der Waals surface area (Å²) in [5.74, 6) is 0. The minimum atomic E-state index is -0.418. The van der Waals surface area contributed by atoms with Gasteiger partial charge in [-0.15, -0.1) is 0 Å². The second kappa shape index (κ2) is 3.98. The van der Waals surface area contributed by atoms with Crippen LogP contribution in [0.2, 0.25) is 0 Å². The van der Waals surface area contributed by atoms with Crippen LogP contribution in [0.5, 0.6) is 0 Å². The molecular formula is C11H12O2S. The quantitative estimate of drug-likeness (QED) is 0.841. The summed E-state index contributed by atoms with van der Waals surface area (Å²) >= 11 is 1.62. The lowest BCUT2D eigenvalue weighted by atomic mass is 10.0. The van der Waals surface area contributed by atoms with E-state index < -0.39 is 6.10 Å². The summed E-state index contributed by atoms with van der Waals surface area (Å²) in [6.45, 7) is 2.02. The van der Waals surface area contributed by atoms with E-state index in [4.69, 9.17) is 4.42 Å². The van der Waals surface area contributed by atoms with Crippen molar-refractivity contribution in [2.45, 2.75) is 19.4 Å². The van der Waals surface area contributed by atoms with Crippen molar-refractivity contribution in [2.75, 3.05) is 0 Å². The van der Waals surface area contributed by atoms with Crippen LogP contribution < -0.4 is 0 Å². The number of thiophene rings is 1. The van der Waals surface area contributed by atoms with Crippen LogP contribution in [0.25, 0.3) is 0 Å². The zero-order chi connectivity index (χ0) is 9.97. The first-order valence-electron chi connectivity index (χ1n) is 4.49. The number of hydrogen-bond donors (Lipinski definition) is 1. The Morgan fingerprint density at radius 3 is 2.93 bits per heavy atom. The van der Waals surface area contributed by atoms with Gasteiger partial charge in [-0.1, -0.05) is 0 Å². The molecule has 0 saturated carbocycles.